The predicted molar refractivity (Wildman–Crippen MR) is 121 cm³/mol. The van der Waals surface area contributed by atoms with Gasteiger partial charge in [0.1, 0.15) is 17.3 Å². The average molecular weight is 441 g/mol. The van der Waals surface area contributed by atoms with Gasteiger partial charge in [0.05, 0.1) is 26.3 Å². The van der Waals surface area contributed by atoms with Crippen LogP contribution >= 0.6 is 0 Å². The minimum atomic E-state index is -0.980. The molecule has 170 valence electrons. The highest BCUT2D eigenvalue weighted by Crippen LogP contribution is 2.26. The van der Waals surface area contributed by atoms with Gasteiger partial charge >= 0.3 is 5.97 Å². The van der Waals surface area contributed by atoms with Gasteiger partial charge in [-0.2, -0.15) is 0 Å². The van der Waals surface area contributed by atoms with Gasteiger partial charge in [-0.3, -0.25) is 0 Å². The maximum atomic E-state index is 14.2. The summed E-state index contributed by atoms with van der Waals surface area (Å²) in [5.41, 5.74) is 3.98. The van der Waals surface area contributed by atoms with Crippen molar-refractivity contribution >= 4 is 5.97 Å². The predicted octanol–water partition coefficient (Wildman–Crippen LogP) is 4.34. The summed E-state index contributed by atoms with van der Waals surface area (Å²) in [4.78, 5) is 12.0. The van der Waals surface area contributed by atoms with Crippen LogP contribution in [0, 0.1) is 19.7 Å². The van der Waals surface area contributed by atoms with Crippen LogP contribution in [0.4, 0.5) is 4.39 Å². The molecule has 1 heterocycles. The van der Waals surface area contributed by atoms with Crippen molar-refractivity contribution in [2.75, 3.05) is 20.8 Å². The summed E-state index contributed by atoms with van der Waals surface area (Å²) in [6, 6.07) is 12.2. The van der Waals surface area contributed by atoms with Gasteiger partial charge in [0, 0.05) is 35.1 Å². The Morgan fingerprint density at radius 3 is 2.47 bits per heavy atom. The Bertz CT molecular complexity index is 1110. The zero-order valence-corrected chi connectivity index (χ0v) is 18.9. The number of methoxy groups -OCH3 is 2. The van der Waals surface area contributed by atoms with E-state index in [9.17, 15) is 14.3 Å². The zero-order valence-electron chi connectivity index (χ0n) is 18.9. The van der Waals surface area contributed by atoms with Gasteiger partial charge in [-0.1, -0.05) is 24.3 Å². The van der Waals surface area contributed by atoms with Gasteiger partial charge in [0.15, 0.2) is 0 Å². The highest BCUT2D eigenvalue weighted by Gasteiger charge is 2.22. The number of aromatic nitrogens is 1. The molecule has 0 spiro atoms. The normalized spacial score (nSPS) is 10.9. The van der Waals surface area contributed by atoms with E-state index in [2.05, 4.69) is 5.32 Å². The van der Waals surface area contributed by atoms with Gasteiger partial charge < -0.3 is 24.5 Å². The van der Waals surface area contributed by atoms with Crippen LogP contribution in [0.3, 0.4) is 0 Å². The molecule has 0 atom stereocenters. The molecule has 0 saturated carbocycles. The van der Waals surface area contributed by atoms with Crippen molar-refractivity contribution < 1.29 is 23.8 Å². The van der Waals surface area contributed by atoms with E-state index >= 15 is 0 Å². The first-order valence-electron chi connectivity index (χ1n) is 10.4. The van der Waals surface area contributed by atoms with Gasteiger partial charge in [-0.05, 0) is 44.5 Å². The van der Waals surface area contributed by atoms with E-state index in [1.54, 1.807) is 39.3 Å². The fourth-order valence-electron chi connectivity index (χ4n) is 3.98. The van der Waals surface area contributed by atoms with E-state index in [1.165, 1.54) is 6.07 Å². The molecule has 0 radical (unpaired) electrons. The molecule has 0 fully saturated rings. The average Bonchev–Trinajstić information content (AvgIpc) is 3.02. The first kappa shape index (κ1) is 23.3. The molecule has 7 heteroatoms. The number of carboxylic acid groups (broad SMARTS) is 1. The molecule has 2 aromatic carbocycles. The van der Waals surface area contributed by atoms with Gasteiger partial charge in [0.25, 0.3) is 0 Å². The van der Waals surface area contributed by atoms with Crippen molar-refractivity contribution in [3.8, 4) is 11.5 Å². The number of carboxylic acids is 1. The van der Waals surface area contributed by atoms with E-state index in [1.807, 2.05) is 29.7 Å². The van der Waals surface area contributed by atoms with Crippen molar-refractivity contribution in [3.05, 3.63) is 81.9 Å². The third-order valence-electron chi connectivity index (χ3n) is 5.78. The molecule has 0 unspecified atom stereocenters. The third-order valence-corrected chi connectivity index (χ3v) is 5.78. The number of hydrogen-bond donors (Lipinski definition) is 2. The molecular weight excluding hydrogens is 411 g/mol. The number of hydrogen-bond acceptors (Lipinski definition) is 4. The highest BCUT2D eigenvalue weighted by atomic mass is 19.1. The molecule has 0 aliphatic heterocycles. The monoisotopic (exact) mass is 440 g/mol. The number of halogens is 1. The van der Waals surface area contributed by atoms with Crippen LogP contribution in [-0.2, 0) is 19.5 Å². The Morgan fingerprint density at radius 2 is 1.81 bits per heavy atom. The topological polar surface area (TPSA) is 72.7 Å². The fraction of sp³-hybridized carbons (Fsp3) is 0.320. The molecule has 1 aromatic heterocycles. The van der Waals surface area contributed by atoms with Crippen molar-refractivity contribution in [1.29, 1.82) is 0 Å². The Morgan fingerprint density at radius 1 is 1.06 bits per heavy atom. The van der Waals surface area contributed by atoms with Crippen LogP contribution in [0.1, 0.15) is 38.4 Å². The lowest BCUT2D eigenvalue weighted by molar-refractivity contribution is 0.0694. The van der Waals surface area contributed by atoms with Crippen molar-refractivity contribution in [2.45, 2.75) is 33.4 Å². The maximum Gasteiger partial charge on any atom is 0.337 e. The Kier molecular flexibility index (Phi) is 7.53. The lowest BCUT2D eigenvalue weighted by Gasteiger charge is -2.12. The van der Waals surface area contributed by atoms with Crippen LogP contribution in [0.25, 0.3) is 0 Å². The number of nitrogens with zero attached hydrogens (tertiary/aromatic N) is 1. The molecule has 2 N–H and O–H groups in total. The van der Waals surface area contributed by atoms with E-state index in [0.717, 1.165) is 22.8 Å². The second kappa shape index (κ2) is 10.3. The van der Waals surface area contributed by atoms with Gasteiger partial charge in [0.2, 0.25) is 0 Å². The van der Waals surface area contributed by atoms with Crippen LogP contribution in [0.5, 0.6) is 11.5 Å². The van der Waals surface area contributed by atoms with Crippen LogP contribution in [0.2, 0.25) is 0 Å². The summed E-state index contributed by atoms with van der Waals surface area (Å²) in [6.45, 7) is 4.97. The van der Waals surface area contributed by atoms with Gasteiger partial charge in [-0.25, -0.2) is 9.18 Å². The standard InChI is InChI=1S/C25H29FN2O4/c1-16-21(14-27-12-11-18-9-10-20(31-3)13-23(18)32-4)24(25(29)30)17(2)28(16)15-19-7-5-6-8-22(19)26/h5-10,13,27H,11-12,14-15H2,1-4H3,(H,29,30). The first-order valence-corrected chi connectivity index (χ1v) is 10.4. The molecule has 0 saturated heterocycles. The van der Waals surface area contributed by atoms with E-state index < -0.39 is 5.97 Å². The van der Waals surface area contributed by atoms with Crippen LogP contribution < -0.4 is 14.8 Å². The molecule has 0 bridgehead atoms. The number of nitrogens with one attached hydrogen (secondary N) is 1. The van der Waals surface area contributed by atoms with Crippen molar-refractivity contribution in [3.63, 3.8) is 0 Å². The summed E-state index contributed by atoms with van der Waals surface area (Å²) in [5, 5.41) is 13.2. The highest BCUT2D eigenvalue weighted by molar-refractivity contribution is 5.91. The van der Waals surface area contributed by atoms with Crippen molar-refractivity contribution in [1.82, 2.24) is 9.88 Å². The molecular formula is C25H29FN2O4. The van der Waals surface area contributed by atoms with Crippen LogP contribution in [-0.4, -0.2) is 36.4 Å². The summed E-state index contributed by atoms with van der Waals surface area (Å²) in [5.74, 6) is 0.198. The minimum absolute atomic E-state index is 0.272. The largest absolute Gasteiger partial charge is 0.497 e. The number of rotatable bonds is 10. The lowest BCUT2D eigenvalue weighted by Crippen LogP contribution is -2.19. The molecule has 0 amide bonds. The first-order chi connectivity index (χ1) is 15.4. The fourth-order valence-corrected chi connectivity index (χ4v) is 3.98. The van der Waals surface area contributed by atoms with Crippen LogP contribution in [0.15, 0.2) is 42.5 Å². The number of ether oxygens (including phenoxy) is 2. The second-order valence-corrected chi connectivity index (χ2v) is 7.61. The molecule has 3 rings (SSSR count). The minimum Gasteiger partial charge on any atom is -0.497 e. The summed E-state index contributed by atoms with van der Waals surface area (Å²) in [6.07, 6.45) is 0.712. The third kappa shape index (κ3) is 4.94. The Labute approximate surface area is 187 Å². The summed E-state index contributed by atoms with van der Waals surface area (Å²) >= 11 is 0. The van der Waals surface area contributed by atoms with Crippen molar-refractivity contribution in [2.24, 2.45) is 0 Å². The number of benzene rings is 2. The van der Waals surface area contributed by atoms with E-state index in [4.69, 9.17) is 9.47 Å². The van der Waals surface area contributed by atoms with Gasteiger partial charge in [-0.15, -0.1) is 0 Å². The Balaban J connectivity index is 1.75. The molecule has 32 heavy (non-hydrogen) atoms. The zero-order chi connectivity index (χ0) is 23.3. The number of carbonyl (C=O) groups is 1. The molecule has 3 aromatic rings. The lowest BCUT2D eigenvalue weighted by atomic mass is 10.1. The molecule has 6 nitrogen and oxygen atoms in total. The molecule has 0 aliphatic carbocycles. The summed E-state index contributed by atoms with van der Waals surface area (Å²) < 4.78 is 26.7. The molecule has 0 aliphatic rings. The maximum absolute atomic E-state index is 14.2. The Hall–Kier alpha value is -3.32. The smallest absolute Gasteiger partial charge is 0.337 e. The second-order valence-electron chi connectivity index (χ2n) is 7.61. The number of aromatic carboxylic acids is 1. The van der Waals surface area contributed by atoms with E-state index in [-0.39, 0.29) is 17.9 Å². The SMILES string of the molecule is COc1ccc(CCNCc2c(C(=O)O)c(C)n(Cc3ccccc3F)c2C)c(OC)c1. The quantitative estimate of drug-likeness (QED) is 0.459. The van der Waals surface area contributed by atoms with E-state index in [0.29, 0.717) is 36.3 Å². The summed E-state index contributed by atoms with van der Waals surface area (Å²) in [7, 11) is 3.23.